The van der Waals surface area contributed by atoms with Crippen LogP contribution < -0.4 is 5.32 Å². The summed E-state index contributed by atoms with van der Waals surface area (Å²) in [5.41, 5.74) is 0.556. The number of likely N-dealkylation sites (N-methyl/N-ethyl adjacent to an activating group) is 1. The highest BCUT2D eigenvalue weighted by Crippen LogP contribution is 2.28. The van der Waals surface area contributed by atoms with Gasteiger partial charge >= 0.3 is 5.76 Å². The maximum absolute atomic E-state index is 12.9. The van der Waals surface area contributed by atoms with E-state index in [1.165, 1.54) is 18.2 Å². The minimum Gasteiger partial charge on any atom is -0.459 e. The number of nitrogens with zero attached hydrogens (tertiary/aromatic N) is 1. The summed E-state index contributed by atoms with van der Waals surface area (Å²) in [6.45, 7) is 1.77. The van der Waals surface area contributed by atoms with E-state index in [0.717, 1.165) is 17.0 Å². The van der Waals surface area contributed by atoms with Gasteiger partial charge in [-0.1, -0.05) is 30.3 Å². The van der Waals surface area contributed by atoms with Crippen LogP contribution in [0.25, 0.3) is 11.0 Å². The molecule has 9 heteroatoms. The number of benzene rings is 2. The lowest BCUT2D eigenvalue weighted by Gasteiger charge is -2.22. The number of sulfone groups is 1. The number of hydrogen-bond acceptors (Lipinski definition) is 5. The van der Waals surface area contributed by atoms with Gasteiger partial charge in [0.25, 0.3) is 0 Å². The predicted molar refractivity (Wildman–Crippen MR) is 106 cm³/mol. The van der Waals surface area contributed by atoms with Crippen molar-refractivity contribution in [1.82, 2.24) is 4.90 Å². The number of fused-ring (bicyclic) bond motifs is 1. The number of para-hydroxylation sites is 2. The summed E-state index contributed by atoms with van der Waals surface area (Å²) in [6, 6.07) is 14.3. The summed E-state index contributed by atoms with van der Waals surface area (Å²) < 4.78 is 55.2. The highest BCUT2D eigenvalue weighted by molar-refractivity contribution is 7.91. The van der Waals surface area contributed by atoms with Crippen molar-refractivity contribution in [2.45, 2.75) is 23.6 Å². The smallest absolute Gasteiger partial charge is 0.341 e. The fourth-order valence-corrected chi connectivity index (χ4v) is 3.78. The fourth-order valence-electron chi connectivity index (χ4n) is 2.89. The van der Waals surface area contributed by atoms with Crippen LogP contribution in [-0.4, -0.2) is 38.6 Å². The fraction of sp³-hybridized carbons (Fsp3) is 0.250. The molecule has 3 aromatic rings. The van der Waals surface area contributed by atoms with Crippen LogP contribution in [0.2, 0.25) is 0 Å². The number of amides is 1. The molecule has 3 rings (SSSR count). The molecule has 1 atom stereocenters. The van der Waals surface area contributed by atoms with E-state index in [4.69, 9.17) is 4.42 Å². The molecule has 0 radical (unpaired) electrons. The Morgan fingerprint density at radius 2 is 1.79 bits per heavy atom. The number of furan rings is 1. The van der Waals surface area contributed by atoms with E-state index >= 15 is 0 Å². The van der Waals surface area contributed by atoms with Crippen molar-refractivity contribution in [2.24, 2.45) is 0 Å². The SMILES string of the molecule is CC(c1cc2ccccc2o1)N(C)CC(=O)Nc1ccccc1S(=O)(=O)C(F)F. The Kier molecular flexibility index (Phi) is 5.99. The first-order valence-corrected chi connectivity index (χ1v) is 10.3. The third-order valence-corrected chi connectivity index (χ3v) is 6.05. The van der Waals surface area contributed by atoms with Crippen LogP contribution in [0, 0.1) is 0 Å². The maximum atomic E-state index is 12.9. The predicted octanol–water partition coefficient (Wildman–Crippen LogP) is 4.06. The van der Waals surface area contributed by atoms with Crippen LogP contribution in [-0.2, 0) is 14.6 Å². The van der Waals surface area contributed by atoms with Crippen molar-refractivity contribution in [1.29, 1.82) is 0 Å². The molecule has 6 nitrogen and oxygen atoms in total. The molecule has 1 unspecified atom stereocenters. The summed E-state index contributed by atoms with van der Waals surface area (Å²) in [5.74, 6) is -3.44. The lowest BCUT2D eigenvalue weighted by Crippen LogP contribution is -2.32. The number of anilines is 1. The van der Waals surface area contributed by atoms with Crippen molar-refractivity contribution >= 4 is 32.4 Å². The van der Waals surface area contributed by atoms with Gasteiger partial charge in [-0.3, -0.25) is 9.69 Å². The Bertz CT molecular complexity index is 1100. The van der Waals surface area contributed by atoms with E-state index in [-0.39, 0.29) is 18.3 Å². The van der Waals surface area contributed by atoms with Crippen molar-refractivity contribution in [3.8, 4) is 0 Å². The first-order valence-electron chi connectivity index (χ1n) is 8.80. The maximum Gasteiger partial charge on any atom is 0.341 e. The second-order valence-corrected chi connectivity index (χ2v) is 8.51. The summed E-state index contributed by atoms with van der Waals surface area (Å²) in [4.78, 5) is 13.5. The number of nitrogens with one attached hydrogen (secondary N) is 1. The highest BCUT2D eigenvalue weighted by Gasteiger charge is 2.29. The molecule has 0 spiro atoms. The average Bonchev–Trinajstić information content (AvgIpc) is 3.11. The highest BCUT2D eigenvalue weighted by atomic mass is 32.2. The van der Waals surface area contributed by atoms with Crippen molar-refractivity contribution in [2.75, 3.05) is 18.9 Å². The Hall–Kier alpha value is -2.78. The number of halogens is 2. The summed E-state index contributed by atoms with van der Waals surface area (Å²) in [6.07, 6.45) is 0. The molecule has 1 heterocycles. The lowest BCUT2D eigenvalue weighted by molar-refractivity contribution is -0.117. The lowest BCUT2D eigenvalue weighted by atomic mass is 10.2. The molecule has 0 bridgehead atoms. The minimum absolute atomic E-state index is 0.0960. The number of carbonyl (C=O) groups is 1. The molecule has 154 valence electrons. The molecule has 1 N–H and O–H groups in total. The zero-order valence-electron chi connectivity index (χ0n) is 15.8. The molecule has 0 fully saturated rings. The standard InChI is InChI=1S/C20H20F2N2O4S/c1-13(17-11-14-7-3-5-9-16(14)28-17)24(2)12-19(25)23-15-8-4-6-10-18(15)29(26,27)20(21)22/h3-11,13,20H,12H2,1-2H3,(H,23,25). The molecular weight excluding hydrogens is 402 g/mol. The average molecular weight is 422 g/mol. The third kappa shape index (κ3) is 4.46. The Morgan fingerprint density at radius 3 is 2.48 bits per heavy atom. The molecule has 0 saturated carbocycles. The Balaban J connectivity index is 1.72. The normalized spacial score (nSPS) is 13.2. The number of hydrogen-bond donors (Lipinski definition) is 1. The third-order valence-electron chi connectivity index (χ3n) is 4.61. The molecule has 0 aliphatic carbocycles. The van der Waals surface area contributed by atoms with Gasteiger partial charge in [0.2, 0.25) is 15.7 Å². The molecule has 0 saturated heterocycles. The van der Waals surface area contributed by atoms with Crippen LogP contribution in [0.3, 0.4) is 0 Å². The molecule has 0 aliphatic rings. The van der Waals surface area contributed by atoms with Gasteiger partial charge in [0.05, 0.1) is 23.2 Å². The molecule has 0 aliphatic heterocycles. The zero-order chi connectivity index (χ0) is 21.2. The van der Waals surface area contributed by atoms with Gasteiger partial charge < -0.3 is 9.73 Å². The monoisotopic (exact) mass is 422 g/mol. The second-order valence-electron chi connectivity index (χ2n) is 6.63. The molecular formula is C20H20F2N2O4S. The van der Waals surface area contributed by atoms with Crippen molar-refractivity contribution < 1.29 is 26.4 Å². The molecule has 1 amide bonds. The number of alkyl halides is 2. The van der Waals surface area contributed by atoms with Crippen molar-refractivity contribution in [3.05, 3.63) is 60.4 Å². The van der Waals surface area contributed by atoms with Gasteiger partial charge in [0.15, 0.2) is 0 Å². The van der Waals surface area contributed by atoms with Gasteiger partial charge in [-0.05, 0) is 38.2 Å². The van der Waals surface area contributed by atoms with E-state index in [2.05, 4.69) is 5.32 Å². The summed E-state index contributed by atoms with van der Waals surface area (Å²) in [5, 5.41) is 3.35. The largest absolute Gasteiger partial charge is 0.459 e. The van der Waals surface area contributed by atoms with E-state index in [9.17, 15) is 22.0 Å². The van der Waals surface area contributed by atoms with Crippen LogP contribution in [0.4, 0.5) is 14.5 Å². The summed E-state index contributed by atoms with van der Waals surface area (Å²) >= 11 is 0. The molecule has 1 aromatic heterocycles. The number of rotatable bonds is 7. The first-order chi connectivity index (χ1) is 13.7. The van der Waals surface area contributed by atoms with Crippen LogP contribution in [0.5, 0.6) is 0 Å². The first kappa shape index (κ1) is 20.9. The number of carbonyl (C=O) groups excluding carboxylic acids is 1. The van der Waals surface area contributed by atoms with Crippen LogP contribution in [0.1, 0.15) is 18.7 Å². The molecule has 2 aromatic carbocycles. The van der Waals surface area contributed by atoms with Gasteiger partial charge in [0.1, 0.15) is 11.3 Å². The molecule has 29 heavy (non-hydrogen) atoms. The van der Waals surface area contributed by atoms with Gasteiger partial charge in [-0.15, -0.1) is 0 Å². The van der Waals surface area contributed by atoms with Crippen molar-refractivity contribution in [3.63, 3.8) is 0 Å². The second kappa shape index (κ2) is 8.30. The Morgan fingerprint density at radius 1 is 1.14 bits per heavy atom. The van der Waals surface area contributed by atoms with E-state index < -0.39 is 26.4 Å². The van der Waals surface area contributed by atoms with E-state index in [1.807, 2.05) is 37.3 Å². The van der Waals surface area contributed by atoms with Crippen LogP contribution >= 0.6 is 0 Å². The zero-order valence-corrected chi connectivity index (χ0v) is 16.6. The van der Waals surface area contributed by atoms with Gasteiger partial charge in [0, 0.05) is 5.39 Å². The minimum atomic E-state index is -4.83. The summed E-state index contributed by atoms with van der Waals surface area (Å²) in [7, 11) is -3.12. The van der Waals surface area contributed by atoms with Gasteiger partial charge in [-0.2, -0.15) is 8.78 Å². The topological polar surface area (TPSA) is 79.6 Å². The Labute approximate surface area is 167 Å². The van der Waals surface area contributed by atoms with E-state index in [0.29, 0.717) is 5.76 Å². The van der Waals surface area contributed by atoms with Gasteiger partial charge in [-0.25, -0.2) is 8.42 Å². The quantitative estimate of drug-likeness (QED) is 0.621. The van der Waals surface area contributed by atoms with E-state index in [1.54, 1.807) is 11.9 Å². The van der Waals surface area contributed by atoms with Crippen LogP contribution in [0.15, 0.2) is 63.9 Å².